The van der Waals surface area contributed by atoms with Gasteiger partial charge in [-0.1, -0.05) is 6.07 Å². The van der Waals surface area contributed by atoms with E-state index in [1.54, 1.807) is 0 Å². The summed E-state index contributed by atoms with van der Waals surface area (Å²) in [5.41, 5.74) is 2.79. The Kier molecular flexibility index (Phi) is 8.28. The minimum Gasteiger partial charge on any atom is -0.475 e. The van der Waals surface area contributed by atoms with E-state index in [-0.39, 0.29) is 4.90 Å². The molecule has 0 unspecified atom stereocenters. The predicted octanol–water partition coefficient (Wildman–Crippen LogP) is 2.18. The first-order chi connectivity index (χ1) is 16.4. The first-order valence-corrected chi connectivity index (χ1v) is 12.1. The smallest absolute Gasteiger partial charge is 0.475 e. The van der Waals surface area contributed by atoms with Crippen LogP contribution in [-0.2, 0) is 32.4 Å². The molecule has 0 radical (unpaired) electrons. The summed E-state index contributed by atoms with van der Waals surface area (Å²) < 4.78 is 77.9. The normalized spacial score (nSPS) is 17.1. The van der Waals surface area contributed by atoms with Crippen molar-refractivity contribution in [2.75, 3.05) is 44.3 Å². The molecule has 35 heavy (non-hydrogen) atoms. The molecule has 3 heterocycles. The van der Waals surface area contributed by atoms with Crippen LogP contribution in [0.1, 0.15) is 17.0 Å². The van der Waals surface area contributed by atoms with Crippen LogP contribution in [0.2, 0.25) is 0 Å². The van der Waals surface area contributed by atoms with Crippen molar-refractivity contribution in [2.24, 2.45) is 0 Å². The molecule has 14 heteroatoms. The Bertz CT molecular complexity index is 1170. The van der Waals surface area contributed by atoms with Gasteiger partial charge in [0.25, 0.3) is 0 Å². The topological polar surface area (TPSA) is 113 Å². The molecule has 2 aliphatic heterocycles. The highest BCUT2D eigenvalue weighted by molar-refractivity contribution is 7.89. The summed E-state index contributed by atoms with van der Waals surface area (Å²) >= 11 is 0. The fraction of sp³-hybridized carbons (Fsp3) is 0.476. The van der Waals surface area contributed by atoms with E-state index in [1.807, 2.05) is 6.92 Å². The molecule has 0 bridgehead atoms. The van der Waals surface area contributed by atoms with E-state index in [2.05, 4.69) is 9.88 Å². The molecule has 0 spiro atoms. The second-order valence-electron chi connectivity index (χ2n) is 7.80. The van der Waals surface area contributed by atoms with Gasteiger partial charge in [-0.2, -0.15) is 17.5 Å². The molecule has 1 fully saturated rings. The third-order valence-corrected chi connectivity index (χ3v) is 7.36. The third-order valence-electron chi connectivity index (χ3n) is 5.47. The van der Waals surface area contributed by atoms with E-state index in [0.717, 1.165) is 36.1 Å². The molecule has 2 aliphatic rings. The van der Waals surface area contributed by atoms with E-state index in [1.165, 1.54) is 22.5 Å². The van der Waals surface area contributed by atoms with Gasteiger partial charge in [-0.25, -0.2) is 27.6 Å². The Hall–Kier alpha value is -2.84. The van der Waals surface area contributed by atoms with Gasteiger partial charge in [0, 0.05) is 38.3 Å². The summed E-state index contributed by atoms with van der Waals surface area (Å²) in [4.78, 5) is 20.4. The minimum absolute atomic E-state index is 0.0183. The number of morpholine rings is 1. The lowest BCUT2D eigenvalue weighted by molar-refractivity contribution is -0.192. The first kappa shape index (κ1) is 26.8. The zero-order chi connectivity index (χ0) is 25.8. The number of rotatable bonds is 3. The van der Waals surface area contributed by atoms with Crippen molar-refractivity contribution < 1.29 is 40.6 Å². The molecule has 0 atom stereocenters. The number of anilines is 1. The van der Waals surface area contributed by atoms with Crippen LogP contribution in [0.15, 0.2) is 29.2 Å². The maximum absolute atomic E-state index is 13.5. The maximum Gasteiger partial charge on any atom is 0.490 e. The van der Waals surface area contributed by atoms with Crippen molar-refractivity contribution in [3.63, 3.8) is 0 Å². The largest absolute Gasteiger partial charge is 0.490 e. The van der Waals surface area contributed by atoms with Crippen molar-refractivity contribution in [1.82, 2.24) is 14.3 Å². The van der Waals surface area contributed by atoms with Gasteiger partial charge in [0.2, 0.25) is 16.0 Å². The highest BCUT2D eigenvalue weighted by Gasteiger charge is 2.38. The van der Waals surface area contributed by atoms with Crippen LogP contribution in [0.25, 0.3) is 0 Å². The van der Waals surface area contributed by atoms with Crippen LogP contribution in [0.3, 0.4) is 0 Å². The summed E-state index contributed by atoms with van der Waals surface area (Å²) in [6, 6.07) is 5.15. The maximum atomic E-state index is 13.5. The average Bonchev–Trinajstić information content (AvgIpc) is 3.03. The van der Waals surface area contributed by atoms with Crippen molar-refractivity contribution >= 4 is 21.9 Å². The van der Waals surface area contributed by atoms with Gasteiger partial charge in [-0.3, -0.25) is 0 Å². The minimum atomic E-state index is -5.08. The lowest BCUT2D eigenvalue weighted by Gasteiger charge is -2.27. The number of aryl methyl sites for hydroxylation is 1. The molecule has 0 aliphatic carbocycles. The first-order valence-electron chi connectivity index (χ1n) is 10.6. The number of aliphatic carboxylic acids is 1. The molecule has 1 saturated heterocycles. The van der Waals surface area contributed by atoms with E-state index in [0.29, 0.717) is 45.1 Å². The average molecular weight is 521 g/mol. The molecular formula is C21H24F4N4O5S. The van der Waals surface area contributed by atoms with Gasteiger partial charge in [0.05, 0.1) is 23.8 Å². The van der Waals surface area contributed by atoms with Crippen molar-refractivity contribution in [3.05, 3.63) is 47.0 Å². The zero-order valence-electron chi connectivity index (χ0n) is 18.8. The highest BCUT2D eigenvalue weighted by atomic mass is 32.2. The fourth-order valence-corrected chi connectivity index (χ4v) is 5.15. The number of sulfonamides is 1. The van der Waals surface area contributed by atoms with Gasteiger partial charge in [-0.15, -0.1) is 0 Å². The van der Waals surface area contributed by atoms with Crippen LogP contribution >= 0.6 is 0 Å². The number of hydrogen-bond acceptors (Lipinski definition) is 7. The van der Waals surface area contributed by atoms with Crippen LogP contribution in [-0.4, -0.2) is 79.3 Å². The number of carboxylic acids is 1. The van der Waals surface area contributed by atoms with Crippen molar-refractivity contribution in [1.29, 1.82) is 0 Å². The molecule has 192 valence electrons. The summed E-state index contributed by atoms with van der Waals surface area (Å²) in [5, 5.41) is 7.12. The second-order valence-corrected chi connectivity index (χ2v) is 9.74. The number of alkyl halides is 3. The number of carbonyl (C=O) groups is 1. The molecular weight excluding hydrogens is 496 g/mol. The van der Waals surface area contributed by atoms with Crippen LogP contribution in [0, 0.1) is 12.7 Å². The summed E-state index contributed by atoms with van der Waals surface area (Å²) in [6.45, 7) is 5.38. The Labute approximate surface area is 199 Å². The monoisotopic (exact) mass is 520 g/mol. The molecule has 9 nitrogen and oxygen atoms in total. The van der Waals surface area contributed by atoms with E-state index in [4.69, 9.17) is 19.6 Å². The molecule has 2 aromatic rings. The van der Waals surface area contributed by atoms with Crippen LogP contribution in [0.4, 0.5) is 23.5 Å². The number of aromatic nitrogens is 2. The summed E-state index contributed by atoms with van der Waals surface area (Å²) in [7, 11) is -3.75. The lowest BCUT2D eigenvalue weighted by atomic mass is 10.1. The SMILES string of the molecule is Cc1nc(N2CCOCC2)nc2c1CCN(S(=O)(=O)c1cccc(F)c1)CC2.O=C(O)C(F)(F)F. The van der Waals surface area contributed by atoms with Gasteiger partial charge in [0.15, 0.2) is 0 Å². The molecule has 0 amide bonds. The van der Waals surface area contributed by atoms with E-state index < -0.39 is 28.0 Å². The van der Waals surface area contributed by atoms with E-state index >= 15 is 0 Å². The van der Waals surface area contributed by atoms with Crippen LogP contribution in [0.5, 0.6) is 0 Å². The zero-order valence-corrected chi connectivity index (χ0v) is 19.6. The predicted molar refractivity (Wildman–Crippen MR) is 116 cm³/mol. The van der Waals surface area contributed by atoms with Crippen molar-refractivity contribution in [3.8, 4) is 0 Å². The number of halogens is 4. The Balaban J connectivity index is 0.000000429. The number of nitrogens with zero attached hydrogens (tertiary/aromatic N) is 4. The highest BCUT2D eigenvalue weighted by Crippen LogP contribution is 2.24. The molecule has 1 aromatic heterocycles. The van der Waals surface area contributed by atoms with Gasteiger partial charge in [-0.05, 0) is 37.1 Å². The summed E-state index contributed by atoms with van der Waals surface area (Å²) in [5.74, 6) is -2.63. The summed E-state index contributed by atoms with van der Waals surface area (Å²) in [6.07, 6.45) is -4.04. The van der Waals surface area contributed by atoms with Crippen molar-refractivity contribution in [2.45, 2.75) is 30.8 Å². The Morgan fingerprint density at radius 3 is 2.31 bits per heavy atom. The van der Waals surface area contributed by atoms with Crippen LogP contribution < -0.4 is 4.90 Å². The van der Waals surface area contributed by atoms with E-state index in [9.17, 15) is 26.0 Å². The fourth-order valence-electron chi connectivity index (χ4n) is 3.67. The quantitative estimate of drug-likeness (QED) is 0.613. The Morgan fingerprint density at radius 1 is 1.09 bits per heavy atom. The number of hydrogen-bond donors (Lipinski definition) is 1. The third kappa shape index (κ3) is 6.64. The molecule has 1 N–H and O–H groups in total. The number of fused-ring (bicyclic) bond motifs is 1. The molecule has 1 aromatic carbocycles. The number of ether oxygens (including phenoxy) is 1. The van der Waals surface area contributed by atoms with Gasteiger partial charge in [0.1, 0.15) is 5.82 Å². The Morgan fingerprint density at radius 2 is 1.71 bits per heavy atom. The lowest BCUT2D eigenvalue weighted by Crippen LogP contribution is -2.37. The van der Waals surface area contributed by atoms with Gasteiger partial charge >= 0.3 is 12.1 Å². The number of carboxylic acid groups (broad SMARTS) is 1. The number of benzene rings is 1. The van der Waals surface area contributed by atoms with Gasteiger partial charge < -0.3 is 14.7 Å². The standard InChI is InChI=1S/C19H23FN4O3S.C2HF3O2/c1-14-17-5-7-24(28(25,26)16-4-2-3-15(20)13-16)8-6-18(17)22-19(21-14)23-9-11-27-12-10-23;3-2(4,5)1(6)7/h2-4,13H,5-12H2,1H3;(H,6,7). The second kappa shape index (κ2) is 10.8. The molecule has 0 saturated carbocycles. The molecule has 4 rings (SSSR count).